The van der Waals surface area contributed by atoms with Crippen molar-refractivity contribution in [2.24, 2.45) is 5.92 Å². The lowest BCUT2D eigenvalue weighted by molar-refractivity contribution is -0.120. The topological polar surface area (TPSA) is 113 Å². The summed E-state index contributed by atoms with van der Waals surface area (Å²) in [7, 11) is -6.00. The maximum Gasteiger partial charge on any atom is 0.252 e. The molecule has 0 saturated carbocycles. The predicted octanol–water partition coefficient (Wildman–Crippen LogP) is 2.97. The van der Waals surface area contributed by atoms with E-state index in [2.05, 4.69) is 5.32 Å². The van der Waals surface area contributed by atoms with Crippen molar-refractivity contribution in [1.29, 1.82) is 0 Å². The van der Waals surface area contributed by atoms with Gasteiger partial charge in [0.05, 0.1) is 13.0 Å². The maximum atomic E-state index is 13.2. The Morgan fingerprint density at radius 3 is 2.41 bits per heavy atom. The highest BCUT2D eigenvalue weighted by atomic mass is 32.2. The van der Waals surface area contributed by atoms with Crippen LogP contribution in [0.3, 0.4) is 0 Å². The third-order valence-electron chi connectivity index (χ3n) is 6.21. The number of anilines is 1. The van der Waals surface area contributed by atoms with E-state index in [1.165, 1.54) is 27.9 Å². The summed E-state index contributed by atoms with van der Waals surface area (Å²) in [5, 5.41) is 4.50. The number of ether oxygens (including phenoxy) is 1. The second-order valence-electron chi connectivity index (χ2n) is 8.45. The van der Waals surface area contributed by atoms with E-state index in [4.69, 9.17) is 4.74 Å². The van der Waals surface area contributed by atoms with Crippen LogP contribution in [-0.4, -0.2) is 64.6 Å². The number of amides is 1. The van der Waals surface area contributed by atoms with E-state index in [-0.39, 0.29) is 27.3 Å². The van der Waals surface area contributed by atoms with Gasteiger partial charge in [0.2, 0.25) is 15.9 Å². The van der Waals surface area contributed by atoms with Gasteiger partial charge in [-0.25, -0.2) is 16.8 Å². The average molecular weight is 528 g/mol. The van der Waals surface area contributed by atoms with Gasteiger partial charge >= 0.3 is 0 Å². The fraction of sp³-hybridized carbons (Fsp3) is 0.500. The lowest BCUT2D eigenvalue weighted by atomic mass is 9.98. The highest BCUT2D eigenvalue weighted by Gasteiger charge is 2.34. The minimum absolute atomic E-state index is 0.0141. The largest absolute Gasteiger partial charge is 0.495 e. The first-order valence-electron chi connectivity index (χ1n) is 11.3. The van der Waals surface area contributed by atoms with Crippen LogP contribution in [0.5, 0.6) is 5.75 Å². The third-order valence-corrected chi connectivity index (χ3v) is 11.4. The molecular formula is C22H29N3O6S3. The molecule has 1 aromatic carbocycles. The molecule has 2 fully saturated rings. The normalized spacial score (nSPS) is 20.7. The van der Waals surface area contributed by atoms with Crippen LogP contribution in [0.15, 0.2) is 44.8 Å². The zero-order valence-corrected chi connectivity index (χ0v) is 21.4. The monoisotopic (exact) mass is 527 g/mol. The molecule has 2 aromatic rings. The molecule has 9 nitrogen and oxygen atoms in total. The van der Waals surface area contributed by atoms with E-state index >= 15 is 0 Å². The van der Waals surface area contributed by atoms with Gasteiger partial charge in [-0.2, -0.15) is 8.61 Å². The van der Waals surface area contributed by atoms with Crippen LogP contribution >= 0.6 is 11.3 Å². The van der Waals surface area contributed by atoms with Gasteiger partial charge in [-0.3, -0.25) is 4.79 Å². The number of nitrogens with zero attached hydrogens (tertiary/aromatic N) is 2. The molecule has 0 aliphatic carbocycles. The van der Waals surface area contributed by atoms with Crippen LogP contribution in [0.2, 0.25) is 0 Å². The lowest BCUT2D eigenvalue weighted by Gasteiger charge is -2.31. The number of nitrogens with one attached hydrogen (secondary N) is 1. The fourth-order valence-corrected chi connectivity index (χ4v) is 8.72. The predicted molar refractivity (Wildman–Crippen MR) is 130 cm³/mol. The van der Waals surface area contributed by atoms with Crippen molar-refractivity contribution in [3.63, 3.8) is 0 Å². The Morgan fingerprint density at radius 2 is 1.74 bits per heavy atom. The summed E-state index contributed by atoms with van der Waals surface area (Å²) in [4.78, 5) is 13.0. The number of hydrogen-bond donors (Lipinski definition) is 1. The molecular weight excluding hydrogens is 498 g/mol. The second kappa shape index (κ2) is 10.3. The first-order chi connectivity index (χ1) is 16.2. The number of hydrogen-bond acceptors (Lipinski definition) is 7. The molecule has 1 N–H and O–H groups in total. The molecule has 0 radical (unpaired) electrons. The number of sulfonamides is 2. The first-order valence-corrected chi connectivity index (χ1v) is 15.0. The van der Waals surface area contributed by atoms with E-state index < -0.39 is 26.0 Å². The zero-order valence-electron chi connectivity index (χ0n) is 19.0. The standard InChI is InChI=1S/C22H29N3O6S3/c1-31-19-10-9-18(15-20(19)33(27,28)24-11-3-2-4-12-24)23-22(26)17-7-5-13-25(16-17)34(29,30)21-8-6-14-32-21/h6,8-10,14-15,17H,2-5,7,11-13,16H2,1H3,(H,23,26)/t17-/m1/s1. The summed E-state index contributed by atoms with van der Waals surface area (Å²) in [5.41, 5.74) is 0.333. The molecule has 2 aliphatic rings. The molecule has 3 heterocycles. The van der Waals surface area contributed by atoms with Crippen molar-refractivity contribution in [2.45, 2.75) is 41.2 Å². The van der Waals surface area contributed by atoms with Crippen molar-refractivity contribution < 1.29 is 26.4 Å². The fourth-order valence-electron chi connectivity index (χ4n) is 4.36. The van der Waals surface area contributed by atoms with Crippen molar-refractivity contribution in [3.05, 3.63) is 35.7 Å². The third kappa shape index (κ3) is 5.15. The summed E-state index contributed by atoms with van der Waals surface area (Å²) in [6.07, 6.45) is 3.74. The summed E-state index contributed by atoms with van der Waals surface area (Å²) in [6, 6.07) is 7.79. The number of piperidine rings is 2. The minimum atomic E-state index is -3.77. The van der Waals surface area contributed by atoms with Gasteiger partial charge in [0, 0.05) is 31.9 Å². The number of carbonyl (C=O) groups is 1. The molecule has 2 aliphatic heterocycles. The minimum Gasteiger partial charge on any atom is -0.495 e. The quantitative estimate of drug-likeness (QED) is 0.592. The molecule has 186 valence electrons. The number of thiophene rings is 1. The van der Waals surface area contributed by atoms with E-state index in [0.29, 0.717) is 38.2 Å². The summed E-state index contributed by atoms with van der Waals surface area (Å²) in [5.74, 6) is -0.653. The summed E-state index contributed by atoms with van der Waals surface area (Å²) in [6.45, 7) is 1.36. The Hall–Kier alpha value is -1.99. The van der Waals surface area contributed by atoms with Crippen LogP contribution < -0.4 is 10.1 Å². The van der Waals surface area contributed by atoms with Gasteiger partial charge in [-0.1, -0.05) is 12.5 Å². The first kappa shape index (κ1) is 25.1. The number of methoxy groups -OCH3 is 1. The zero-order chi connectivity index (χ0) is 24.3. The highest BCUT2D eigenvalue weighted by Crippen LogP contribution is 2.32. The molecule has 0 spiro atoms. The van der Waals surface area contributed by atoms with Gasteiger partial charge in [-0.05, 0) is 55.3 Å². The lowest BCUT2D eigenvalue weighted by Crippen LogP contribution is -2.43. The van der Waals surface area contributed by atoms with Gasteiger partial charge in [-0.15, -0.1) is 11.3 Å². The molecule has 34 heavy (non-hydrogen) atoms. The van der Waals surface area contributed by atoms with Gasteiger partial charge in [0.1, 0.15) is 14.9 Å². The number of rotatable bonds is 7. The van der Waals surface area contributed by atoms with Crippen molar-refractivity contribution in [3.8, 4) is 5.75 Å². The van der Waals surface area contributed by atoms with E-state index in [1.54, 1.807) is 23.6 Å². The maximum absolute atomic E-state index is 13.2. The smallest absolute Gasteiger partial charge is 0.252 e. The van der Waals surface area contributed by atoms with E-state index in [1.807, 2.05) is 0 Å². The van der Waals surface area contributed by atoms with Gasteiger partial charge in [0.25, 0.3) is 10.0 Å². The van der Waals surface area contributed by atoms with Gasteiger partial charge in [0.15, 0.2) is 0 Å². The highest BCUT2D eigenvalue weighted by molar-refractivity contribution is 7.91. The van der Waals surface area contributed by atoms with Crippen LogP contribution in [0.1, 0.15) is 32.1 Å². The average Bonchev–Trinajstić information content (AvgIpc) is 3.41. The van der Waals surface area contributed by atoms with E-state index in [0.717, 1.165) is 30.6 Å². The van der Waals surface area contributed by atoms with Crippen LogP contribution in [0.4, 0.5) is 5.69 Å². The summed E-state index contributed by atoms with van der Waals surface area (Å²) < 4.78 is 60.6. The molecule has 12 heteroatoms. The van der Waals surface area contributed by atoms with Gasteiger partial charge < -0.3 is 10.1 Å². The molecule has 1 aromatic heterocycles. The van der Waals surface area contributed by atoms with Crippen molar-refractivity contribution in [1.82, 2.24) is 8.61 Å². The Kier molecular flexibility index (Phi) is 7.63. The van der Waals surface area contributed by atoms with Crippen molar-refractivity contribution >= 4 is 43.0 Å². The molecule has 1 amide bonds. The Morgan fingerprint density at radius 1 is 1.00 bits per heavy atom. The molecule has 2 saturated heterocycles. The van der Waals surface area contributed by atoms with Crippen LogP contribution in [-0.2, 0) is 24.8 Å². The Balaban J connectivity index is 1.51. The summed E-state index contributed by atoms with van der Waals surface area (Å²) >= 11 is 1.15. The number of carbonyl (C=O) groups excluding carboxylic acids is 1. The molecule has 0 unspecified atom stereocenters. The van der Waals surface area contributed by atoms with E-state index in [9.17, 15) is 21.6 Å². The van der Waals surface area contributed by atoms with Crippen molar-refractivity contribution in [2.75, 3.05) is 38.6 Å². The number of benzene rings is 1. The Labute approximate surface area is 204 Å². The second-order valence-corrected chi connectivity index (χ2v) is 13.5. The molecule has 0 bridgehead atoms. The van der Waals surface area contributed by atoms with Crippen LogP contribution in [0.25, 0.3) is 0 Å². The Bertz CT molecular complexity index is 1220. The molecule has 1 atom stereocenters. The molecule has 4 rings (SSSR count). The SMILES string of the molecule is COc1ccc(NC(=O)[C@@H]2CCCN(S(=O)(=O)c3cccs3)C2)cc1S(=O)(=O)N1CCCCC1. The van der Waals surface area contributed by atoms with Crippen LogP contribution in [0, 0.1) is 5.92 Å².